The second kappa shape index (κ2) is 11.1. The molecule has 0 unspecified atom stereocenters. The molecule has 214 valence electrons. The summed E-state index contributed by atoms with van der Waals surface area (Å²) >= 11 is 0. The van der Waals surface area contributed by atoms with Gasteiger partial charge in [-0.1, -0.05) is 34.6 Å². The van der Waals surface area contributed by atoms with Crippen LogP contribution in [-0.4, -0.2) is 20.4 Å². The molecule has 0 aliphatic carbocycles. The second-order valence-corrected chi connectivity index (χ2v) is 9.88. The van der Waals surface area contributed by atoms with Gasteiger partial charge in [-0.25, -0.2) is 18.7 Å². The van der Waals surface area contributed by atoms with Crippen molar-refractivity contribution in [2.24, 2.45) is 0 Å². The molecule has 0 saturated carbocycles. The summed E-state index contributed by atoms with van der Waals surface area (Å²) in [6.45, 7) is 9.86. The van der Waals surface area contributed by atoms with Crippen molar-refractivity contribution in [2.45, 2.75) is 46.2 Å². The standard InChI is InChI=1S/C28H21F5N4O2.C2H6/c1-27(2,3)23-14-34-25(39-23)15-4-11-22-21(12-15)36-26(28(31,32)33)37(22)18-8-6-17(7-9-18)35-24(38)19-13-16(29)5-10-20(19)30;1-2/h4-14H,1-3H3,(H,35,38);1-2H3. The van der Waals surface area contributed by atoms with Crippen molar-refractivity contribution >= 4 is 22.6 Å². The zero-order valence-electron chi connectivity index (χ0n) is 22.9. The molecule has 0 bridgehead atoms. The molecule has 11 heteroatoms. The lowest BCUT2D eigenvalue weighted by Gasteiger charge is -2.13. The van der Waals surface area contributed by atoms with Crippen LogP contribution in [0.15, 0.2) is 71.3 Å². The van der Waals surface area contributed by atoms with Crippen molar-refractivity contribution in [3.8, 4) is 17.1 Å². The Kier molecular flexibility index (Phi) is 8.01. The molecule has 0 aliphatic rings. The van der Waals surface area contributed by atoms with Gasteiger partial charge in [-0.2, -0.15) is 13.2 Å². The highest BCUT2D eigenvalue weighted by Gasteiger charge is 2.38. The van der Waals surface area contributed by atoms with Crippen molar-refractivity contribution in [3.63, 3.8) is 0 Å². The second-order valence-electron chi connectivity index (χ2n) is 9.88. The van der Waals surface area contributed by atoms with Gasteiger partial charge in [-0.15, -0.1) is 0 Å². The SMILES string of the molecule is CC.CC(C)(C)c1cnc(-c2ccc3c(c2)nc(C(F)(F)F)n3-c2ccc(NC(=O)c3cc(F)ccc3F)cc2)o1. The van der Waals surface area contributed by atoms with Crippen LogP contribution in [0.3, 0.4) is 0 Å². The lowest BCUT2D eigenvalue weighted by Crippen LogP contribution is -2.15. The minimum Gasteiger partial charge on any atom is -0.441 e. The van der Waals surface area contributed by atoms with Crippen molar-refractivity contribution in [2.75, 3.05) is 5.32 Å². The van der Waals surface area contributed by atoms with Gasteiger partial charge < -0.3 is 9.73 Å². The van der Waals surface area contributed by atoms with Crippen LogP contribution < -0.4 is 5.32 Å². The number of aromatic nitrogens is 3. The fourth-order valence-corrected chi connectivity index (χ4v) is 3.98. The normalized spacial score (nSPS) is 11.8. The highest BCUT2D eigenvalue weighted by Crippen LogP contribution is 2.36. The number of imidazole rings is 1. The average molecular weight is 571 g/mol. The number of amides is 1. The van der Waals surface area contributed by atoms with Crippen LogP contribution >= 0.6 is 0 Å². The van der Waals surface area contributed by atoms with Crippen LogP contribution in [-0.2, 0) is 11.6 Å². The molecular weight excluding hydrogens is 543 g/mol. The molecule has 2 aromatic heterocycles. The molecule has 41 heavy (non-hydrogen) atoms. The first-order valence-electron chi connectivity index (χ1n) is 12.7. The van der Waals surface area contributed by atoms with Gasteiger partial charge >= 0.3 is 6.18 Å². The van der Waals surface area contributed by atoms with Crippen LogP contribution in [0.5, 0.6) is 0 Å². The van der Waals surface area contributed by atoms with E-state index in [1.54, 1.807) is 12.3 Å². The summed E-state index contributed by atoms with van der Waals surface area (Å²) in [6, 6.07) is 12.4. The zero-order valence-corrected chi connectivity index (χ0v) is 22.9. The van der Waals surface area contributed by atoms with E-state index in [0.717, 1.165) is 22.8 Å². The van der Waals surface area contributed by atoms with E-state index >= 15 is 0 Å². The van der Waals surface area contributed by atoms with Gasteiger partial charge in [0, 0.05) is 22.4 Å². The maximum absolute atomic E-state index is 14.0. The lowest BCUT2D eigenvalue weighted by atomic mass is 9.94. The van der Waals surface area contributed by atoms with E-state index in [0.29, 0.717) is 11.3 Å². The summed E-state index contributed by atoms with van der Waals surface area (Å²) in [6.07, 6.45) is -3.19. The van der Waals surface area contributed by atoms with Crippen LogP contribution in [0.2, 0.25) is 0 Å². The molecule has 1 amide bonds. The summed E-state index contributed by atoms with van der Waals surface area (Å²) in [5, 5.41) is 2.41. The Morgan fingerprint density at radius 2 is 1.61 bits per heavy atom. The number of carbonyl (C=O) groups is 1. The third-order valence-electron chi connectivity index (χ3n) is 5.96. The van der Waals surface area contributed by atoms with Crippen LogP contribution in [0.25, 0.3) is 28.2 Å². The number of alkyl halides is 3. The maximum atomic E-state index is 14.0. The van der Waals surface area contributed by atoms with E-state index < -0.39 is 35.1 Å². The van der Waals surface area contributed by atoms with Crippen LogP contribution in [0.4, 0.5) is 27.6 Å². The smallest absolute Gasteiger partial charge is 0.441 e. The van der Waals surface area contributed by atoms with Crippen LogP contribution in [0, 0.1) is 11.6 Å². The van der Waals surface area contributed by atoms with E-state index in [1.807, 2.05) is 34.6 Å². The number of nitrogens with zero attached hydrogens (tertiary/aromatic N) is 3. The molecule has 0 aliphatic heterocycles. The molecular formula is C30H27F5N4O2. The monoisotopic (exact) mass is 570 g/mol. The summed E-state index contributed by atoms with van der Waals surface area (Å²) in [7, 11) is 0. The van der Waals surface area contributed by atoms with Gasteiger partial charge in [-0.05, 0) is 60.7 Å². The topological polar surface area (TPSA) is 73.0 Å². The molecule has 2 heterocycles. The summed E-state index contributed by atoms with van der Waals surface area (Å²) in [4.78, 5) is 20.5. The molecule has 6 nitrogen and oxygen atoms in total. The van der Waals surface area contributed by atoms with Gasteiger partial charge in [0.1, 0.15) is 17.4 Å². The van der Waals surface area contributed by atoms with E-state index in [-0.39, 0.29) is 33.7 Å². The molecule has 0 radical (unpaired) electrons. The first kappa shape index (κ1) is 29.4. The van der Waals surface area contributed by atoms with E-state index in [2.05, 4.69) is 15.3 Å². The number of oxazole rings is 1. The number of halogens is 5. The zero-order chi connectivity index (χ0) is 30.1. The third-order valence-corrected chi connectivity index (χ3v) is 5.96. The maximum Gasteiger partial charge on any atom is 0.450 e. The molecule has 5 rings (SSSR count). The molecule has 0 saturated heterocycles. The number of fused-ring (bicyclic) bond motifs is 1. The molecule has 1 N–H and O–H groups in total. The molecule has 0 fully saturated rings. The predicted octanol–water partition coefficient (Wildman–Crippen LogP) is 8.55. The highest BCUT2D eigenvalue weighted by molar-refractivity contribution is 6.04. The Morgan fingerprint density at radius 1 is 0.927 bits per heavy atom. The first-order chi connectivity index (χ1) is 19.3. The number of rotatable bonds is 4. The summed E-state index contributed by atoms with van der Waals surface area (Å²) in [5.41, 5.74) is 0.235. The van der Waals surface area contributed by atoms with E-state index in [1.165, 1.54) is 36.4 Å². The molecule has 0 atom stereocenters. The Hall–Kier alpha value is -4.54. The van der Waals surface area contributed by atoms with Crippen LogP contribution in [0.1, 0.15) is 56.6 Å². The Morgan fingerprint density at radius 3 is 2.22 bits per heavy atom. The summed E-state index contributed by atoms with van der Waals surface area (Å²) < 4.78 is 76.1. The van der Waals surface area contributed by atoms with Gasteiger partial charge in [-0.3, -0.25) is 9.36 Å². The fourth-order valence-electron chi connectivity index (χ4n) is 3.98. The van der Waals surface area contributed by atoms with Gasteiger partial charge in [0.05, 0.1) is 22.8 Å². The molecule has 0 spiro atoms. The van der Waals surface area contributed by atoms with Crippen molar-refractivity contribution in [1.82, 2.24) is 14.5 Å². The first-order valence-corrected chi connectivity index (χ1v) is 12.7. The quantitative estimate of drug-likeness (QED) is 0.220. The van der Waals surface area contributed by atoms with E-state index in [4.69, 9.17) is 4.42 Å². The Bertz CT molecular complexity index is 1700. The van der Waals surface area contributed by atoms with Gasteiger partial charge in [0.2, 0.25) is 11.7 Å². The van der Waals surface area contributed by atoms with Gasteiger partial charge in [0.25, 0.3) is 5.91 Å². The highest BCUT2D eigenvalue weighted by atomic mass is 19.4. The minimum absolute atomic E-state index is 0.0780. The summed E-state index contributed by atoms with van der Waals surface area (Å²) in [5.74, 6) is -2.85. The van der Waals surface area contributed by atoms with Crippen molar-refractivity contribution in [3.05, 3.63) is 95.6 Å². The average Bonchev–Trinajstić information content (AvgIpc) is 3.57. The Balaban J connectivity index is 0.00000189. The number of carbonyl (C=O) groups excluding carboxylic acids is 1. The number of anilines is 1. The molecule has 3 aromatic carbocycles. The van der Waals surface area contributed by atoms with Crippen molar-refractivity contribution < 1.29 is 31.2 Å². The molecule has 5 aromatic rings. The number of nitrogens with one attached hydrogen (secondary N) is 1. The largest absolute Gasteiger partial charge is 0.450 e. The number of benzene rings is 3. The van der Waals surface area contributed by atoms with Crippen molar-refractivity contribution in [1.29, 1.82) is 0 Å². The van der Waals surface area contributed by atoms with E-state index in [9.17, 15) is 26.7 Å². The number of hydrogen-bond acceptors (Lipinski definition) is 4. The lowest BCUT2D eigenvalue weighted by molar-refractivity contribution is -0.145. The third kappa shape index (κ3) is 6.13. The Labute approximate surface area is 232 Å². The van der Waals surface area contributed by atoms with Gasteiger partial charge in [0.15, 0.2) is 0 Å². The minimum atomic E-state index is -4.77. The predicted molar refractivity (Wildman–Crippen MR) is 146 cm³/mol. The fraction of sp³-hybridized carbons (Fsp3) is 0.233. The number of hydrogen-bond donors (Lipinski definition) is 1.